The topological polar surface area (TPSA) is 58.8 Å². The van der Waals surface area contributed by atoms with Crippen molar-refractivity contribution >= 4 is 7.25 Å². The van der Waals surface area contributed by atoms with E-state index >= 15 is 0 Å². The molecule has 92 valence electrons. The molecule has 8 heteroatoms. The van der Waals surface area contributed by atoms with Crippen LogP contribution in [0.1, 0.15) is 20.8 Å². The summed E-state index contributed by atoms with van der Waals surface area (Å²) in [5.41, 5.74) is 0. The minimum atomic E-state index is -6.00. The molecule has 0 aliphatic carbocycles. The molecule has 0 rings (SSSR count). The molecule has 0 fully saturated rings. The molecule has 3 N–H and O–H groups in total. The molecular weight excluding hydrogens is 213 g/mol. The second-order valence-electron chi connectivity index (χ2n) is 2.69. The standard InChI is InChI=1S/C7H15N2.BF4.H3N/c1-4-9(5-2,6-3)7-8;2-1(3,4)5;/h4-6H2,1-3H3;;1H3/q+1;-1;. The van der Waals surface area contributed by atoms with Crippen LogP contribution in [0.15, 0.2) is 0 Å². The highest BCUT2D eigenvalue weighted by Crippen LogP contribution is 2.06. The molecule has 0 amide bonds. The lowest BCUT2D eigenvalue weighted by Gasteiger charge is -2.24. The van der Waals surface area contributed by atoms with Crippen LogP contribution in [0, 0.1) is 11.5 Å². The molecule has 0 aromatic heterocycles. The molecule has 0 aliphatic rings. The summed E-state index contributed by atoms with van der Waals surface area (Å²) in [6.07, 6.45) is 2.30. The number of hydrogen-bond acceptors (Lipinski definition) is 2. The summed E-state index contributed by atoms with van der Waals surface area (Å²) in [4.78, 5) is 0. The fourth-order valence-electron chi connectivity index (χ4n) is 0.883. The lowest BCUT2D eigenvalue weighted by atomic mass is 10.3. The second-order valence-corrected chi connectivity index (χ2v) is 2.69. The van der Waals surface area contributed by atoms with Crippen molar-refractivity contribution in [2.75, 3.05) is 19.6 Å². The number of hydrogen-bond donors (Lipinski definition) is 1. The highest BCUT2D eigenvalue weighted by atomic mass is 19.5. The Morgan fingerprint density at radius 2 is 1.20 bits per heavy atom. The first-order chi connectivity index (χ1) is 6.24. The average Bonchev–Trinajstić information content (AvgIpc) is 2.07. The van der Waals surface area contributed by atoms with Gasteiger partial charge in [0.1, 0.15) is 0 Å². The molecular formula is C7H18BF4N3. The van der Waals surface area contributed by atoms with E-state index in [1.807, 2.05) is 0 Å². The first kappa shape index (κ1) is 19.7. The van der Waals surface area contributed by atoms with E-state index in [9.17, 15) is 17.3 Å². The van der Waals surface area contributed by atoms with Crippen molar-refractivity contribution in [2.24, 2.45) is 0 Å². The van der Waals surface area contributed by atoms with Crippen LogP contribution in [0.2, 0.25) is 0 Å². The van der Waals surface area contributed by atoms with Gasteiger partial charge in [0.2, 0.25) is 0 Å². The summed E-state index contributed by atoms with van der Waals surface area (Å²) < 4.78 is 39.6. The average molecular weight is 231 g/mol. The van der Waals surface area contributed by atoms with Gasteiger partial charge in [0.25, 0.3) is 0 Å². The Morgan fingerprint density at radius 3 is 1.20 bits per heavy atom. The largest absolute Gasteiger partial charge is 0.673 e. The predicted octanol–water partition coefficient (Wildman–Crippen LogP) is 2.81. The summed E-state index contributed by atoms with van der Waals surface area (Å²) in [5.74, 6) is 0. The molecule has 0 bridgehead atoms. The lowest BCUT2D eigenvalue weighted by Crippen LogP contribution is -2.42. The smallest absolute Gasteiger partial charge is 0.418 e. The third-order valence-corrected chi connectivity index (χ3v) is 2.03. The van der Waals surface area contributed by atoms with E-state index in [1.165, 1.54) is 0 Å². The van der Waals surface area contributed by atoms with Gasteiger partial charge in [-0.3, -0.25) is 0 Å². The summed E-state index contributed by atoms with van der Waals surface area (Å²) in [6, 6.07) is 0. The molecule has 0 saturated heterocycles. The molecule has 0 radical (unpaired) electrons. The van der Waals surface area contributed by atoms with Crippen molar-refractivity contribution < 1.29 is 21.7 Å². The number of rotatable bonds is 3. The van der Waals surface area contributed by atoms with Gasteiger partial charge in [-0.05, 0) is 20.8 Å². The first-order valence-corrected chi connectivity index (χ1v) is 4.39. The van der Waals surface area contributed by atoms with E-state index in [1.54, 1.807) is 0 Å². The monoisotopic (exact) mass is 231 g/mol. The molecule has 15 heavy (non-hydrogen) atoms. The summed E-state index contributed by atoms with van der Waals surface area (Å²) >= 11 is 0. The highest BCUT2D eigenvalue weighted by Gasteiger charge is 2.20. The summed E-state index contributed by atoms with van der Waals surface area (Å²) in [7, 11) is -6.00. The van der Waals surface area contributed by atoms with E-state index < -0.39 is 7.25 Å². The molecule has 0 saturated carbocycles. The van der Waals surface area contributed by atoms with Gasteiger partial charge in [-0.15, -0.1) is 5.26 Å². The zero-order chi connectivity index (χ0) is 11.8. The second kappa shape index (κ2) is 8.50. The van der Waals surface area contributed by atoms with Crippen LogP contribution in [0.4, 0.5) is 17.3 Å². The zero-order valence-corrected chi connectivity index (χ0v) is 9.31. The van der Waals surface area contributed by atoms with E-state index in [4.69, 9.17) is 5.26 Å². The number of nitrogens with zero attached hydrogens (tertiary/aromatic N) is 2. The van der Waals surface area contributed by atoms with Gasteiger partial charge in [0.05, 0.1) is 19.6 Å². The van der Waals surface area contributed by atoms with Gasteiger partial charge >= 0.3 is 13.4 Å². The van der Waals surface area contributed by atoms with Crippen molar-refractivity contribution in [1.29, 1.82) is 5.26 Å². The van der Waals surface area contributed by atoms with Crippen LogP contribution in [0.5, 0.6) is 0 Å². The van der Waals surface area contributed by atoms with Gasteiger partial charge in [0, 0.05) is 0 Å². The summed E-state index contributed by atoms with van der Waals surface area (Å²) in [6.45, 7) is 8.92. The molecule has 0 aliphatic heterocycles. The normalized spacial score (nSPS) is 10.5. The van der Waals surface area contributed by atoms with Crippen LogP contribution in [-0.2, 0) is 0 Å². The Hall–Kier alpha value is -0.805. The van der Waals surface area contributed by atoms with Gasteiger partial charge in [0.15, 0.2) is 0 Å². The van der Waals surface area contributed by atoms with Crippen LogP contribution >= 0.6 is 0 Å². The maximum atomic E-state index is 9.75. The Morgan fingerprint density at radius 1 is 1.00 bits per heavy atom. The van der Waals surface area contributed by atoms with E-state index in [-0.39, 0.29) is 6.15 Å². The Kier molecular flexibility index (Phi) is 11.2. The number of nitriles is 1. The van der Waals surface area contributed by atoms with E-state index in [0.717, 1.165) is 19.6 Å². The van der Waals surface area contributed by atoms with Crippen molar-refractivity contribution in [3.05, 3.63) is 0 Å². The minimum absolute atomic E-state index is 0. The van der Waals surface area contributed by atoms with E-state index in [0.29, 0.717) is 4.48 Å². The molecule has 0 aromatic carbocycles. The predicted molar refractivity (Wildman–Crippen MR) is 52.7 cm³/mol. The number of quaternary nitrogens is 1. The third-order valence-electron chi connectivity index (χ3n) is 2.03. The van der Waals surface area contributed by atoms with Crippen LogP contribution in [0.25, 0.3) is 0 Å². The third kappa shape index (κ3) is 13.2. The Balaban J connectivity index is -0.000000208. The van der Waals surface area contributed by atoms with Crippen LogP contribution in [-0.4, -0.2) is 31.4 Å². The van der Waals surface area contributed by atoms with Gasteiger partial charge in [-0.1, -0.05) is 0 Å². The minimum Gasteiger partial charge on any atom is -0.418 e. The fourth-order valence-corrected chi connectivity index (χ4v) is 0.883. The Bertz CT molecular complexity index is 171. The summed E-state index contributed by atoms with van der Waals surface area (Å²) in [5, 5.41) is 8.70. The molecule has 0 heterocycles. The lowest BCUT2D eigenvalue weighted by molar-refractivity contribution is -0.860. The maximum Gasteiger partial charge on any atom is 0.673 e. The maximum absolute atomic E-state index is 9.75. The molecule has 0 unspecified atom stereocenters. The quantitative estimate of drug-likeness (QED) is 0.351. The van der Waals surface area contributed by atoms with Crippen molar-refractivity contribution in [3.63, 3.8) is 0 Å². The van der Waals surface area contributed by atoms with Crippen molar-refractivity contribution in [2.45, 2.75) is 20.8 Å². The van der Waals surface area contributed by atoms with Gasteiger partial charge in [-0.2, -0.15) is 0 Å². The fraction of sp³-hybridized carbons (Fsp3) is 0.857. The molecule has 0 aromatic rings. The van der Waals surface area contributed by atoms with Gasteiger partial charge in [-0.25, -0.2) is 4.48 Å². The van der Waals surface area contributed by atoms with Crippen molar-refractivity contribution in [1.82, 2.24) is 6.15 Å². The van der Waals surface area contributed by atoms with Crippen molar-refractivity contribution in [3.8, 4) is 6.19 Å². The SMILES string of the molecule is CC[N+](C#N)(CC)CC.F[B-](F)(F)F.N. The van der Waals surface area contributed by atoms with E-state index in [2.05, 4.69) is 27.0 Å². The van der Waals surface area contributed by atoms with Gasteiger partial charge < -0.3 is 23.4 Å². The molecule has 0 atom stereocenters. The van der Waals surface area contributed by atoms with Crippen LogP contribution < -0.4 is 6.15 Å². The molecule has 3 nitrogen and oxygen atoms in total. The highest BCUT2D eigenvalue weighted by molar-refractivity contribution is 6.50. The first-order valence-electron chi connectivity index (χ1n) is 4.39. The zero-order valence-electron chi connectivity index (χ0n) is 9.31. The Labute approximate surface area is 88.0 Å². The van der Waals surface area contributed by atoms with Crippen LogP contribution in [0.3, 0.4) is 0 Å². The molecule has 0 spiro atoms. The number of halogens is 4.